The van der Waals surface area contributed by atoms with Gasteiger partial charge in [-0.1, -0.05) is 38.8 Å². The first-order chi connectivity index (χ1) is 9.55. The van der Waals surface area contributed by atoms with E-state index < -0.39 is 5.54 Å². The van der Waals surface area contributed by atoms with Crippen molar-refractivity contribution in [1.82, 2.24) is 10.1 Å². The topological polar surface area (TPSA) is 74.2 Å². The standard InChI is InChI=1S/C15H29N3O2/c1-5-8-9-12(7-3)13-17-14(18-20-13)15(4,16)11-19-10-6-2/h12H,5-11,16H2,1-4H3. The highest BCUT2D eigenvalue weighted by atomic mass is 16.5. The molecule has 0 bridgehead atoms. The maximum atomic E-state index is 6.22. The first-order valence-corrected chi connectivity index (χ1v) is 7.75. The van der Waals surface area contributed by atoms with Crippen LogP contribution in [0.15, 0.2) is 4.52 Å². The van der Waals surface area contributed by atoms with Crippen LogP contribution >= 0.6 is 0 Å². The molecule has 2 N–H and O–H groups in total. The molecule has 2 atom stereocenters. The number of ether oxygens (including phenoxy) is 1. The molecule has 1 rings (SSSR count). The van der Waals surface area contributed by atoms with Crippen molar-refractivity contribution in [2.24, 2.45) is 5.73 Å². The zero-order valence-corrected chi connectivity index (χ0v) is 13.3. The van der Waals surface area contributed by atoms with Crippen LogP contribution in [0.5, 0.6) is 0 Å². The van der Waals surface area contributed by atoms with Gasteiger partial charge in [-0.2, -0.15) is 4.98 Å². The van der Waals surface area contributed by atoms with Gasteiger partial charge in [0.05, 0.1) is 6.61 Å². The van der Waals surface area contributed by atoms with Gasteiger partial charge in [0.1, 0.15) is 5.54 Å². The molecule has 0 spiro atoms. The number of aromatic nitrogens is 2. The summed E-state index contributed by atoms with van der Waals surface area (Å²) in [4.78, 5) is 4.50. The van der Waals surface area contributed by atoms with Crippen LogP contribution in [-0.2, 0) is 10.3 Å². The Hall–Kier alpha value is -0.940. The number of nitrogens with two attached hydrogens (primary N) is 1. The summed E-state index contributed by atoms with van der Waals surface area (Å²) in [5.41, 5.74) is 5.53. The van der Waals surface area contributed by atoms with Gasteiger partial charge in [0, 0.05) is 12.5 Å². The summed E-state index contributed by atoms with van der Waals surface area (Å²) >= 11 is 0. The van der Waals surface area contributed by atoms with Gasteiger partial charge >= 0.3 is 0 Å². The molecule has 0 aliphatic rings. The molecule has 2 unspecified atom stereocenters. The Morgan fingerprint density at radius 2 is 2.05 bits per heavy atom. The van der Waals surface area contributed by atoms with Gasteiger partial charge in [-0.05, 0) is 26.2 Å². The number of hydrogen-bond acceptors (Lipinski definition) is 5. The smallest absolute Gasteiger partial charge is 0.229 e. The van der Waals surface area contributed by atoms with E-state index >= 15 is 0 Å². The van der Waals surface area contributed by atoms with Gasteiger partial charge in [0.15, 0.2) is 5.82 Å². The van der Waals surface area contributed by atoms with Crippen molar-refractivity contribution in [2.75, 3.05) is 13.2 Å². The Morgan fingerprint density at radius 1 is 1.30 bits per heavy atom. The molecule has 0 aliphatic carbocycles. The van der Waals surface area contributed by atoms with Crippen LogP contribution in [0, 0.1) is 0 Å². The number of unbranched alkanes of at least 4 members (excludes halogenated alkanes) is 1. The predicted molar refractivity (Wildman–Crippen MR) is 79.5 cm³/mol. The van der Waals surface area contributed by atoms with Crippen LogP contribution in [0.2, 0.25) is 0 Å². The van der Waals surface area contributed by atoms with Crippen molar-refractivity contribution in [1.29, 1.82) is 0 Å². The normalized spacial score (nSPS) is 16.1. The Morgan fingerprint density at radius 3 is 2.65 bits per heavy atom. The summed E-state index contributed by atoms with van der Waals surface area (Å²) in [6.45, 7) is 9.39. The monoisotopic (exact) mass is 283 g/mol. The maximum absolute atomic E-state index is 6.22. The van der Waals surface area contributed by atoms with Crippen molar-refractivity contribution in [2.45, 2.75) is 71.3 Å². The van der Waals surface area contributed by atoms with Crippen molar-refractivity contribution < 1.29 is 9.26 Å². The lowest BCUT2D eigenvalue weighted by molar-refractivity contribution is 0.0867. The third-order valence-corrected chi connectivity index (χ3v) is 3.45. The van der Waals surface area contributed by atoms with Gasteiger partial charge in [-0.15, -0.1) is 0 Å². The quantitative estimate of drug-likeness (QED) is 0.666. The third kappa shape index (κ3) is 4.87. The minimum Gasteiger partial charge on any atom is -0.379 e. The van der Waals surface area contributed by atoms with E-state index in [0.717, 1.165) is 19.3 Å². The maximum Gasteiger partial charge on any atom is 0.229 e. The fourth-order valence-electron chi connectivity index (χ4n) is 2.08. The molecule has 116 valence electrons. The third-order valence-electron chi connectivity index (χ3n) is 3.45. The summed E-state index contributed by atoms with van der Waals surface area (Å²) in [7, 11) is 0. The molecule has 0 radical (unpaired) electrons. The molecule has 1 aromatic heterocycles. The molecule has 5 heteroatoms. The van der Waals surface area contributed by atoms with Crippen LogP contribution < -0.4 is 5.73 Å². The molecule has 20 heavy (non-hydrogen) atoms. The zero-order valence-electron chi connectivity index (χ0n) is 13.3. The lowest BCUT2D eigenvalue weighted by Crippen LogP contribution is -2.39. The molecule has 0 aromatic carbocycles. The Balaban J connectivity index is 2.68. The van der Waals surface area contributed by atoms with Crippen molar-refractivity contribution in [3.8, 4) is 0 Å². The van der Waals surface area contributed by atoms with E-state index in [-0.39, 0.29) is 0 Å². The summed E-state index contributed by atoms with van der Waals surface area (Å²) < 4.78 is 10.9. The highest BCUT2D eigenvalue weighted by Crippen LogP contribution is 2.25. The molecule has 0 saturated heterocycles. The SMILES string of the molecule is CCCCC(CC)c1nc(C(C)(N)COCCC)no1. The molecule has 1 heterocycles. The summed E-state index contributed by atoms with van der Waals surface area (Å²) in [6, 6.07) is 0. The first-order valence-electron chi connectivity index (χ1n) is 7.75. The first kappa shape index (κ1) is 17.1. The Bertz CT molecular complexity index is 377. The molecular formula is C15H29N3O2. The van der Waals surface area contributed by atoms with Gasteiger partial charge in [0.2, 0.25) is 5.89 Å². The minimum absolute atomic E-state index is 0.337. The fraction of sp³-hybridized carbons (Fsp3) is 0.867. The summed E-state index contributed by atoms with van der Waals surface area (Å²) in [5, 5.41) is 4.05. The fourth-order valence-corrected chi connectivity index (χ4v) is 2.08. The van der Waals surface area contributed by atoms with E-state index in [1.54, 1.807) is 0 Å². The van der Waals surface area contributed by atoms with E-state index in [4.69, 9.17) is 15.0 Å². The zero-order chi connectivity index (χ0) is 15.0. The molecular weight excluding hydrogens is 254 g/mol. The number of rotatable bonds is 10. The predicted octanol–water partition coefficient (Wildman–Crippen LogP) is 3.35. The van der Waals surface area contributed by atoms with Crippen molar-refractivity contribution >= 4 is 0 Å². The van der Waals surface area contributed by atoms with Crippen LogP contribution in [0.1, 0.15) is 77.4 Å². The van der Waals surface area contributed by atoms with Crippen molar-refractivity contribution in [3.63, 3.8) is 0 Å². The average molecular weight is 283 g/mol. The lowest BCUT2D eigenvalue weighted by Gasteiger charge is -2.20. The second-order valence-corrected chi connectivity index (χ2v) is 5.67. The van der Waals surface area contributed by atoms with Gasteiger partial charge in [-0.25, -0.2) is 0 Å². The Kier molecular flexibility index (Phi) is 7.16. The second-order valence-electron chi connectivity index (χ2n) is 5.67. The second kappa shape index (κ2) is 8.37. The van der Waals surface area contributed by atoms with Crippen molar-refractivity contribution in [3.05, 3.63) is 11.7 Å². The van der Waals surface area contributed by atoms with Gasteiger partial charge < -0.3 is 15.0 Å². The van der Waals surface area contributed by atoms with E-state index in [9.17, 15) is 0 Å². The van der Waals surface area contributed by atoms with Gasteiger partial charge in [0.25, 0.3) is 0 Å². The molecule has 5 nitrogen and oxygen atoms in total. The van der Waals surface area contributed by atoms with E-state index in [2.05, 4.69) is 30.9 Å². The average Bonchev–Trinajstić information content (AvgIpc) is 2.90. The minimum atomic E-state index is -0.694. The summed E-state index contributed by atoms with van der Waals surface area (Å²) in [6.07, 6.45) is 5.42. The van der Waals surface area contributed by atoms with Crippen LogP contribution in [0.3, 0.4) is 0 Å². The highest BCUT2D eigenvalue weighted by molar-refractivity contribution is 5.04. The van der Waals surface area contributed by atoms with E-state index in [1.165, 1.54) is 12.8 Å². The summed E-state index contributed by atoms with van der Waals surface area (Å²) in [5.74, 6) is 1.59. The lowest BCUT2D eigenvalue weighted by atomic mass is 9.99. The highest BCUT2D eigenvalue weighted by Gasteiger charge is 2.29. The van der Waals surface area contributed by atoms with E-state index in [0.29, 0.717) is 30.8 Å². The van der Waals surface area contributed by atoms with Gasteiger partial charge in [-0.3, -0.25) is 0 Å². The van der Waals surface area contributed by atoms with Crippen LogP contribution in [0.4, 0.5) is 0 Å². The number of nitrogens with zero attached hydrogens (tertiary/aromatic N) is 2. The molecule has 0 saturated carbocycles. The molecule has 0 aliphatic heterocycles. The van der Waals surface area contributed by atoms with Crippen LogP contribution in [-0.4, -0.2) is 23.4 Å². The molecule has 0 fully saturated rings. The number of hydrogen-bond donors (Lipinski definition) is 1. The van der Waals surface area contributed by atoms with Crippen LogP contribution in [0.25, 0.3) is 0 Å². The molecule has 1 aromatic rings. The Labute approximate surface area is 122 Å². The molecule has 0 amide bonds. The van der Waals surface area contributed by atoms with E-state index in [1.807, 2.05) is 6.92 Å². The largest absolute Gasteiger partial charge is 0.379 e.